The van der Waals surface area contributed by atoms with E-state index < -0.39 is 0 Å². The molecule has 2 atom stereocenters. The van der Waals surface area contributed by atoms with Crippen LogP contribution in [0.4, 0.5) is 0 Å². The fourth-order valence-electron chi connectivity index (χ4n) is 3.18. The summed E-state index contributed by atoms with van der Waals surface area (Å²) in [4.78, 5) is 0. The molecule has 1 aromatic rings. The Morgan fingerprint density at radius 1 is 1.00 bits per heavy atom. The first-order valence-electron chi connectivity index (χ1n) is 9.26. The zero-order valence-corrected chi connectivity index (χ0v) is 14.7. The van der Waals surface area contributed by atoms with E-state index in [-0.39, 0.29) is 5.75 Å². The molecule has 0 aliphatic carbocycles. The van der Waals surface area contributed by atoms with Gasteiger partial charge in [-0.15, -0.1) is 0 Å². The number of phenolic OH excluding ortho intramolecular Hbond substituents is 1. The van der Waals surface area contributed by atoms with Gasteiger partial charge in [-0.25, -0.2) is 0 Å². The Labute approximate surface area is 141 Å². The molecule has 0 amide bonds. The lowest BCUT2D eigenvalue weighted by Gasteiger charge is -2.06. The molecule has 0 radical (unpaired) electrons. The number of aryl methyl sites for hydroxylation is 1. The summed E-state index contributed by atoms with van der Waals surface area (Å²) in [5.41, 5.74) is 1.20. The number of hydrogen-bond acceptors (Lipinski definition) is 3. The van der Waals surface area contributed by atoms with Crippen LogP contribution in [0.5, 0.6) is 11.5 Å². The van der Waals surface area contributed by atoms with E-state index in [1.807, 2.05) is 12.1 Å². The summed E-state index contributed by atoms with van der Waals surface area (Å²) in [6.07, 6.45) is 13.7. The molecule has 0 spiro atoms. The van der Waals surface area contributed by atoms with Crippen LogP contribution in [0.2, 0.25) is 0 Å². The average Bonchev–Trinajstić information content (AvgIpc) is 3.31. The van der Waals surface area contributed by atoms with Crippen molar-refractivity contribution in [3.8, 4) is 11.5 Å². The standard InChI is InChI=1S/C20H32O3/c1-3-4-5-6-7-8-9-10-18-19(23-18)14-12-16-11-13-17(21)20(15-16)22-2/h11,13,15,18-19,21H,3-10,12,14H2,1-2H3. The van der Waals surface area contributed by atoms with Gasteiger partial charge >= 0.3 is 0 Å². The number of unbranched alkanes of at least 4 members (excludes halogenated alkanes) is 6. The first kappa shape index (κ1) is 18.1. The molecule has 1 heterocycles. The largest absolute Gasteiger partial charge is 0.504 e. The highest BCUT2D eigenvalue weighted by Gasteiger charge is 2.37. The van der Waals surface area contributed by atoms with E-state index >= 15 is 0 Å². The highest BCUT2D eigenvalue weighted by Crippen LogP contribution is 2.32. The first-order valence-corrected chi connectivity index (χ1v) is 9.26. The number of epoxide rings is 1. The number of benzene rings is 1. The number of methoxy groups -OCH3 is 1. The highest BCUT2D eigenvalue weighted by molar-refractivity contribution is 5.41. The third-order valence-electron chi connectivity index (χ3n) is 4.74. The summed E-state index contributed by atoms with van der Waals surface area (Å²) in [5, 5.41) is 9.61. The lowest BCUT2D eigenvalue weighted by atomic mass is 10.0. The van der Waals surface area contributed by atoms with E-state index in [2.05, 4.69) is 6.92 Å². The van der Waals surface area contributed by atoms with Gasteiger partial charge < -0.3 is 14.6 Å². The molecule has 23 heavy (non-hydrogen) atoms. The Morgan fingerprint density at radius 2 is 1.70 bits per heavy atom. The quantitative estimate of drug-likeness (QED) is 0.423. The van der Waals surface area contributed by atoms with E-state index in [9.17, 15) is 5.11 Å². The highest BCUT2D eigenvalue weighted by atomic mass is 16.6. The van der Waals surface area contributed by atoms with E-state index in [0.29, 0.717) is 18.0 Å². The summed E-state index contributed by atoms with van der Waals surface area (Å²) in [6, 6.07) is 5.59. The van der Waals surface area contributed by atoms with E-state index in [0.717, 1.165) is 12.8 Å². The second-order valence-electron chi connectivity index (χ2n) is 6.67. The van der Waals surface area contributed by atoms with Crippen LogP contribution in [0.15, 0.2) is 18.2 Å². The molecule has 0 bridgehead atoms. The van der Waals surface area contributed by atoms with Gasteiger partial charge in [0.25, 0.3) is 0 Å². The van der Waals surface area contributed by atoms with Crippen molar-refractivity contribution in [3.63, 3.8) is 0 Å². The predicted molar refractivity (Wildman–Crippen MR) is 94.3 cm³/mol. The third kappa shape index (κ3) is 6.42. The maximum atomic E-state index is 9.61. The Morgan fingerprint density at radius 3 is 2.43 bits per heavy atom. The predicted octanol–water partition coefficient (Wildman–Crippen LogP) is 5.24. The van der Waals surface area contributed by atoms with Crippen LogP contribution < -0.4 is 4.74 Å². The number of phenols is 1. The van der Waals surface area contributed by atoms with Crippen molar-refractivity contribution in [1.29, 1.82) is 0 Å². The molecule has 1 saturated heterocycles. The monoisotopic (exact) mass is 320 g/mol. The first-order chi connectivity index (χ1) is 11.2. The van der Waals surface area contributed by atoms with Crippen LogP contribution in [0, 0.1) is 0 Å². The lowest BCUT2D eigenvalue weighted by molar-refractivity contribution is 0.351. The van der Waals surface area contributed by atoms with E-state index in [4.69, 9.17) is 9.47 Å². The van der Waals surface area contributed by atoms with Gasteiger partial charge in [-0.2, -0.15) is 0 Å². The molecule has 1 fully saturated rings. The second-order valence-corrected chi connectivity index (χ2v) is 6.67. The smallest absolute Gasteiger partial charge is 0.160 e. The van der Waals surface area contributed by atoms with Crippen LogP contribution >= 0.6 is 0 Å². The van der Waals surface area contributed by atoms with Crippen LogP contribution in [0.1, 0.15) is 70.3 Å². The SMILES string of the molecule is CCCCCCCCCC1OC1CCc1ccc(O)c(OC)c1. The molecular formula is C20H32O3. The van der Waals surface area contributed by atoms with Gasteiger partial charge in [-0.3, -0.25) is 0 Å². The maximum absolute atomic E-state index is 9.61. The minimum absolute atomic E-state index is 0.204. The van der Waals surface area contributed by atoms with Crippen LogP contribution in [-0.4, -0.2) is 24.4 Å². The van der Waals surface area contributed by atoms with Crippen molar-refractivity contribution < 1.29 is 14.6 Å². The average molecular weight is 320 g/mol. The maximum Gasteiger partial charge on any atom is 0.160 e. The van der Waals surface area contributed by atoms with Crippen molar-refractivity contribution in [1.82, 2.24) is 0 Å². The van der Waals surface area contributed by atoms with Crippen molar-refractivity contribution in [2.45, 2.75) is 83.3 Å². The Balaban J connectivity index is 1.54. The summed E-state index contributed by atoms with van der Waals surface area (Å²) in [5.74, 6) is 0.759. The topological polar surface area (TPSA) is 42.0 Å². The molecule has 1 aromatic carbocycles. The molecule has 2 unspecified atom stereocenters. The van der Waals surface area contributed by atoms with Crippen LogP contribution in [0.3, 0.4) is 0 Å². The summed E-state index contributed by atoms with van der Waals surface area (Å²) in [7, 11) is 1.58. The van der Waals surface area contributed by atoms with Gasteiger partial charge in [0.15, 0.2) is 11.5 Å². The molecule has 1 aliphatic rings. The molecule has 3 nitrogen and oxygen atoms in total. The van der Waals surface area contributed by atoms with Gasteiger partial charge in [0, 0.05) is 0 Å². The number of rotatable bonds is 12. The normalized spacial score (nSPS) is 19.7. The number of ether oxygens (including phenoxy) is 2. The van der Waals surface area contributed by atoms with E-state index in [1.165, 1.54) is 56.9 Å². The van der Waals surface area contributed by atoms with Gasteiger partial charge in [0.1, 0.15) is 0 Å². The van der Waals surface area contributed by atoms with Crippen LogP contribution in [0.25, 0.3) is 0 Å². The summed E-state index contributed by atoms with van der Waals surface area (Å²) >= 11 is 0. The number of hydrogen-bond donors (Lipinski definition) is 1. The summed E-state index contributed by atoms with van der Waals surface area (Å²) < 4.78 is 10.9. The number of aromatic hydroxyl groups is 1. The van der Waals surface area contributed by atoms with Gasteiger partial charge in [-0.1, -0.05) is 57.9 Å². The van der Waals surface area contributed by atoms with Crippen molar-refractivity contribution >= 4 is 0 Å². The molecular weight excluding hydrogens is 288 g/mol. The minimum atomic E-state index is 0.204. The molecule has 2 rings (SSSR count). The molecule has 1 aliphatic heterocycles. The summed E-state index contributed by atoms with van der Waals surface area (Å²) in [6.45, 7) is 2.26. The molecule has 0 saturated carbocycles. The van der Waals surface area contributed by atoms with E-state index in [1.54, 1.807) is 13.2 Å². The second kappa shape index (κ2) is 9.82. The minimum Gasteiger partial charge on any atom is -0.504 e. The Bertz CT molecular complexity index is 458. The van der Waals surface area contributed by atoms with Gasteiger partial charge in [0.05, 0.1) is 19.3 Å². The van der Waals surface area contributed by atoms with Gasteiger partial charge in [-0.05, 0) is 37.0 Å². The van der Waals surface area contributed by atoms with Gasteiger partial charge in [0.2, 0.25) is 0 Å². The Hall–Kier alpha value is -1.22. The molecule has 130 valence electrons. The third-order valence-corrected chi connectivity index (χ3v) is 4.74. The zero-order valence-electron chi connectivity index (χ0n) is 14.7. The lowest BCUT2D eigenvalue weighted by Crippen LogP contribution is -1.97. The molecule has 1 N–H and O–H groups in total. The van der Waals surface area contributed by atoms with Crippen molar-refractivity contribution in [3.05, 3.63) is 23.8 Å². The fourth-order valence-corrected chi connectivity index (χ4v) is 3.18. The van der Waals surface area contributed by atoms with Crippen molar-refractivity contribution in [2.75, 3.05) is 7.11 Å². The Kier molecular flexibility index (Phi) is 7.73. The van der Waals surface area contributed by atoms with Crippen molar-refractivity contribution in [2.24, 2.45) is 0 Å². The fraction of sp³-hybridized carbons (Fsp3) is 0.700. The van der Waals surface area contributed by atoms with Crippen LogP contribution in [-0.2, 0) is 11.2 Å². The zero-order chi connectivity index (χ0) is 16.5. The molecule has 3 heteroatoms. The molecule has 0 aromatic heterocycles.